The van der Waals surface area contributed by atoms with Crippen LogP contribution in [-0.4, -0.2) is 0 Å². The maximum Gasteiger partial charge on any atom is 0.0725 e. The lowest BCUT2D eigenvalue weighted by Crippen LogP contribution is -2.30. The molecule has 0 aromatic heterocycles. The second kappa shape index (κ2) is 6.32. The highest BCUT2D eigenvalue weighted by molar-refractivity contribution is 5.96. The SMILES string of the molecule is C=C/C=C1\C(=C)c2ccccc2C12c1cc(C)ccc1C=Cc1ccc(C)cc12. The molecule has 5 rings (SSSR count). The van der Waals surface area contributed by atoms with Crippen molar-refractivity contribution in [2.24, 2.45) is 0 Å². The fourth-order valence-corrected chi connectivity index (χ4v) is 5.12. The summed E-state index contributed by atoms with van der Waals surface area (Å²) in [6.07, 6.45) is 8.57. The summed E-state index contributed by atoms with van der Waals surface area (Å²) in [7, 11) is 0. The molecule has 3 aromatic rings. The molecule has 0 saturated carbocycles. The van der Waals surface area contributed by atoms with E-state index in [-0.39, 0.29) is 0 Å². The third-order valence-corrected chi connectivity index (χ3v) is 6.34. The molecule has 0 saturated heterocycles. The Morgan fingerprint density at radius 3 is 1.93 bits per heavy atom. The Morgan fingerprint density at radius 1 is 0.759 bits per heavy atom. The summed E-state index contributed by atoms with van der Waals surface area (Å²) < 4.78 is 0. The van der Waals surface area contributed by atoms with E-state index in [1.165, 1.54) is 50.1 Å². The van der Waals surface area contributed by atoms with E-state index >= 15 is 0 Å². The lowest BCUT2D eigenvalue weighted by Gasteiger charge is -2.36. The smallest absolute Gasteiger partial charge is 0.0725 e. The Kier molecular flexibility index (Phi) is 3.86. The first-order chi connectivity index (χ1) is 14.1. The van der Waals surface area contributed by atoms with Gasteiger partial charge in [0.1, 0.15) is 0 Å². The number of fused-ring (bicyclic) bond motifs is 6. The van der Waals surface area contributed by atoms with Crippen molar-refractivity contribution in [3.8, 4) is 0 Å². The molecule has 0 aliphatic heterocycles. The molecule has 0 nitrogen and oxygen atoms in total. The molecule has 0 bridgehead atoms. The largest absolute Gasteiger partial charge is 0.0991 e. The molecule has 2 aliphatic rings. The normalized spacial score (nSPS) is 17.0. The van der Waals surface area contributed by atoms with Crippen molar-refractivity contribution in [1.29, 1.82) is 0 Å². The zero-order chi connectivity index (χ0) is 20.2. The van der Waals surface area contributed by atoms with Crippen molar-refractivity contribution in [3.05, 3.63) is 136 Å². The number of hydrogen-bond donors (Lipinski definition) is 0. The van der Waals surface area contributed by atoms with Gasteiger partial charge in [0.2, 0.25) is 0 Å². The molecule has 0 amide bonds. The van der Waals surface area contributed by atoms with Crippen LogP contribution in [0.3, 0.4) is 0 Å². The standard InChI is InChI=1S/C29H24/c1-5-8-25-21(4)24-9-6-7-10-26(24)29(25)27-17-19(2)11-13-22(27)15-16-23-14-12-20(3)18-28(23)29/h5-18H,1,4H2,2-3H3/b25-8+. The molecule has 0 radical (unpaired) electrons. The van der Waals surface area contributed by atoms with Gasteiger partial charge in [-0.15, -0.1) is 0 Å². The lowest BCUT2D eigenvalue weighted by molar-refractivity contribution is 0.765. The molecule has 0 fully saturated rings. The maximum atomic E-state index is 4.53. The van der Waals surface area contributed by atoms with E-state index in [4.69, 9.17) is 0 Å². The van der Waals surface area contributed by atoms with Gasteiger partial charge in [-0.2, -0.15) is 0 Å². The second-order valence-corrected chi connectivity index (χ2v) is 8.10. The fourth-order valence-electron chi connectivity index (χ4n) is 5.12. The average molecular weight is 373 g/mol. The van der Waals surface area contributed by atoms with Crippen molar-refractivity contribution in [2.75, 3.05) is 0 Å². The van der Waals surface area contributed by atoms with Crippen LogP contribution in [-0.2, 0) is 5.41 Å². The van der Waals surface area contributed by atoms with Crippen molar-refractivity contribution < 1.29 is 0 Å². The summed E-state index contributed by atoms with van der Waals surface area (Å²) in [5.41, 5.74) is 12.1. The summed E-state index contributed by atoms with van der Waals surface area (Å²) in [5, 5.41) is 0. The Bertz CT molecular complexity index is 1190. The first-order valence-corrected chi connectivity index (χ1v) is 10.1. The lowest BCUT2D eigenvalue weighted by atomic mass is 9.65. The molecule has 29 heavy (non-hydrogen) atoms. The molecule has 1 spiro atoms. The summed E-state index contributed by atoms with van der Waals surface area (Å²) in [6.45, 7) is 12.9. The molecular formula is C29H24. The average Bonchev–Trinajstić information content (AvgIpc) is 2.88. The van der Waals surface area contributed by atoms with Crippen LogP contribution in [0.25, 0.3) is 17.7 Å². The van der Waals surface area contributed by atoms with E-state index in [1.54, 1.807) is 0 Å². The minimum atomic E-state index is -0.395. The van der Waals surface area contributed by atoms with Crippen LogP contribution in [0, 0.1) is 13.8 Å². The maximum absolute atomic E-state index is 4.53. The number of aryl methyl sites for hydroxylation is 2. The Labute approximate surface area is 173 Å². The Hall–Kier alpha value is -3.38. The summed E-state index contributed by atoms with van der Waals surface area (Å²) in [5.74, 6) is 0. The number of allylic oxidation sites excluding steroid dienone is 4. The third-order valence-electron chi connectivity index (χ3n) is 6.34. The Balaban J connectivity index is 2.06. The molecule has 0 unspecified atom stereocenters. The van der Waals surface area contributed by atoms with Crippen LogP contribution < -0.4 is 0 Å². The van der Waals surface area contributed by atoms with Crippen LogP contribution in [0.5, 0.6) is 0 Å². The molecule has 3 aromatic carbocycles. The summed E-state index contributed by atoms with van der Waals surface area (Å²) >= 11 is 0. The summed E-state index contributed by atoms with van der Waals surface area (Å²) in [4.78, 5) is 0. The van der Waals surface area contributed by atoms with Gasteiger partial charge < -0.3 is 0 Å². The van der Waals surface area contributed by atoms with Crippen molar-refractivity contribution in [1.82, 2.24) is 0 Å². The molecule has 0 heterocycles. The monoisotopic (exact) mass is 372 g/mol. The second-order valence-electron chi connectivity index (χ2n) is 8.10. The van der Waals surface area contributed by atoms with Crippen LogP contribution >= 0.6 is 0 Å². The topological polar surface area (TPSA) is 0 Å². The fraction of sp³-hybridized carbons (Fsp3) is 0.103. The molecule has 0 heteroatoms. The minimum absolute atomic E-state index is 0.395. The van der Waals surface area contributed by atoms with Gasteiger partial charge >= 0.3 is 0 Å². The van der Waals surface area contributed by atoms with E-state index in [0.29, 0.717) is 0 Å². The summed E-state index contributed by atoms with van der Waals surface area (Å²) in [6, 6.07) is 22.3. The van der Waals surface area contributed by atoms with E-state index in [2.05, 4.69) is 106 Å². The van der Waals surface area contributed by atoms with Crippen LogP contribution in [0.15, 0.2) is 91.5 Å². The van der Waals surface area contributed by atoms with Gasteiger partial charge in [-0.3, -0.25) is 0 Å². The quantitative estimate of drug-likeness (QED) is 0.422. The predicted molar refractivity (Wildman–Crippen MR) is 125 cm³/mol. The minimum Gasteiger partial charge on any atom is -0.0991 e. The highest BCUT2D eigenvalue weighted by Crippen LogP contribution is 2.59. The number of hydrogen-bond acceptors (Lipinski definition) is 0. The predicted octanol–water partition coefficient (Wildman–Crippen LogP) is 7.26. The van der Waals surface area contributed by atoms with Gasteiger partial charge in [0.15, 0.2) is 0 Å². The van der Waals surface area contributed by atoms with Gasteiger partial charge in [0.25, 0.3) is 0 Å². The first kappa shape index (κ1) is 17.7. The van der Waals surface area contributed by atoms with Gasteiger partial charge in [-0.1, -0.05) is 109 Å². The van der Waals surface area contributed by atoms with Crippen LogP contribution in [0.1, 0.15) is 44.5 Å². The van der Waals surface area contributed by atoms with E-state index in [1.807, 2.05) is 6.08 Å². The van der Waals surface area contributed by atoms with Crippen LogP contribution in [0.2, 0.25) is 0 Å². The highest BCUT2D eigenvalue weighted by Gasteiger charge is 2.49. The van der Waals surface area contributed by atoms with E-state index in [0.717, 1.165) is 5.57 Å². The van der Waals surface area contributed by atoms with Crippen molar-refractivity contribution >= 4 is 17.7 Å². The van der Waals surface area contributed by atoms with Crippen LogP contribution in [0.4, 0.5) is 0 Å². The Morgan fingerprint density at radius 2 is 1.34 bits per heavy atom. The molecule has 2 aliphatic carbocycles. The van der Waals surface area contributed by atoms with Gasteiger partial charge in [0, 0.05) is 0 Å². The molecular weight excluding hydrogens is 348 g/mol. The highest BCUT2D eigenvalue weighted by atomic mass is 14.5. The van der Waals surface area contributed by atoms with Crippen molar-refractivity contribution in [2.45, 2.75) is 19.3 Å². The molecule has 0 N–H and O–H groups in total. The molecule has 140 valence electrons. The zero-order valence-corrected chi connectivity index (χ0v) is 17.0. The molecule has 0 atom stereocenters. The van der Waals surface area contributed by atoms with Crippen molar-refractivity contribution in [3.63, 3.8) is 0 Å². The van der Waals surface area contributed by atoms with E-state index < -0.39 is 5.41 Å². The third kappa shape index (κ3) is 2.32. The van der Waals surface area contributed by atoms with Gasteiger partial charge in [0.05, 0.1) is 5.41 Å². The number of rotatable bonds is 1. The van der Waals surface area contributed by atoms with Gasteiger partial charge in [-0.25, -0.2) is 0 Å². The zero-order valence-electron chi connectivity index (χ0n) is 17.0. The first-order valence-electron chi connectivity index (χ1n) is 10.1. The number of benzene rings is 3. The van der Waals surface area contributed by atoms with E-state index in [9.17, 15) is 0 Å². The van der Waals surface area contributed by atoms with Gasteiger partial charge in [-0.05, 0) is 58.4 Å².